The summed E-state index contributed by atoms with van der Waals surface area (Å²) >= 11 is 0. The summed E-state index contributed by atoms with van der Waals surface area (Å²) in [6.45, 7) is -0.0726. The molecule has 0 saturated heterocycles. The lowest BCUT2D eigenvalue weighted by Crippen LogP contribution is -2.30. The maximum atomic E-state index is 12.4. The Labute approximate surface area is 121 Å². The molecule has 0 aromatic heterocycles. The third-order valence-corrected chi connectivity index (χ3v) is 3.87. The van der Waals surface area contributed by atoms with Gasteiger partial charge in [0.15, 0.2) is 0 Å². The highest BCUT2D eigenvalue weighted by Gasteiger charge is 2.29. The Morgan fingerprint density at radius 3 is 1.95 bits per heavy atom. The summed E-state index contributed by atoms with van der Waals surface area (Å²) < 4.78 is 37.1. The maximum absolute atomic E-state index is 12.4. The van der Waals surface area contributed by atoms with E-state index in [2.05, 4.69) is 5.32 Å². The predicted molar refractivity (Wildman–Crippen MR) is 76.2 cm³/mol. The van der Waals surface area contributed by atoms with E-state index in [1.54, 1.807) is 0 Å². The fourth-order valence-corrected chi connectivity index (χ4v) is 2.90. The molecule has 2 aromatic rings. The summed E-state index contributed by atoms with van der Waals surface area (Å²) in [7, 11) is 0. The van der Waals surface area contributed by atoms with Crippen molar-refractivity contribution in [2.45, 2.75) is 25.1 Å². The Morgan fingerprint density at radius 1 is 0.905 bits per heavy atom. The maximum Gasteiger partial charge on any atom is 0.390 e. The zero-order chi connectivity index (χ0) is 14.9. The summed E-state index contributed by atoms with van der Waals surface area (Å²) in [5, 5.41) is 3.07. The second-order valence-corrected chi connectivity index (χ2v) is 5.33. The van der Waals surface area contributed by atoms with Crippen LogP contribution in [0.15, 0.2) is 48.5 Å². The van der Waals surface area contributed by atoms with Gasteiger partial charge in [-0.15, -0.1) is 0 Å². The van der Waals surface area contributed by atoms with E-state index >= 15 is 0 Å². The number of alkyl halides is 3. The SMILES string of the molecule is FC(F)(F)CCNC1c2ccccc2Cc2ccccc21. The van der Waals surface area contributed by atoms with E-state index in [0.29, 0.717) is 0 Å². The van der Waals surface area contributed by atoms with Crippen LogP contribution in [0.2, 0.25) is 0 Å². The molecule has 4 heteroatoms. The van der Waals surface area contributed by atoms with E-state index in [9.17, 15) is 13.2 Å². The fourth-order valence-electron chi connectivity index (χ4n) is 2.90. The second kappa shape index (κ2) is 5.53. The first-order valence-corrected chi connectivity index (χ1v) is 7.00. The molecule has 1 N–H and O–H groups in total. The van der Waals surface area contributed by atoms with Gasteiger partial charge in [-0.25, -0.2) is 0 Å². The van der Waals surface area contributed by atoms with Gasteiger partial charge in [0.2, 0.25) is 0 Å². The van der Waals surface area contributed by atoms with E-state index in [-0.39, 0.29) is 12.6 Å². The number of hydrogen-bond acceptors (Lipinski definition) is 1. The van der Waals surface area contributed by atoms with E-state index < -0.39 is 12.6 Å². The van der Waals surface area contributed by atoms with Crippen LogP contribution in [0.5, 0.6) is 0 Å². The molecular formula is C17H16F3N. The molecule has 1 nitrogen and oxygen atoms in total. The van der Waals surface area contributed by atoms with Crippen molar-refractivity contribution >= 4 is 0 Å². The van der Waals surface area contributed by atoms with Crippen LogP contribution in [-0.2, 0) is 6.42 Å². The lowest BCUT2D eigenvalue weighted by molar-refractivity contribution is -0.133. The first kappa shape index (κ1) is 14.1. The van der Waals surface area contributed by atoms with Gasteiger partial charge < -0.3 is 5.32 Å². The number of halogens is 3. The van der Waals surface area contributed by atoms with Crippen molar-refractivity contribution in [3.8, 4) is 0 Å². The average Bonchev–Trinajstić information content (AvgIpc) is 2.45. The molecule has 0 spiro atoms. The van der Waals surface area contributed by atoms with Crippen molar-refractivity contribution < 1.29 is 13.2 Å². The van der Waals surface area contributed by atoms with Crippen LogP contribution in [0.3, 0.4) is 0 Å². The number of nitrogens with one attached hydrogen (secondary N) is 1. The molecule has 2 aromatic carbocycles. The van der Waals surface area contributed by atoms with Crippen molar-refractivity contribution in [3.63, 3.8) is 0 Å². The molecule has 0 aliphatic heterocycles. The molecule has 0 radical (unpaired) electrons. The largest absolute Gasteiger partial charge is 0.390 e. The van der Waals surface area contributed by atoms with Crippen LogP contribution < -0.4 is 5.32 Å². The smallest absolute Gasteiger partial charge is 0.306 e. The summed E-state index contributed by atoms with van der Waals surface area (Å²) in [6.07, 6.45) is -4.10. The van der Waals surface area contributed by atoms with Crippen LogP contribution >= 0.6 is 0 Å². The molecule has 1 aliphatic carbocycles. The molecule has 0 heterocycles. The van der Waals surface area contributed by atoms with Crippen LogP contribution in [0.25, 0.3) is 0 Å². The van der Waals surface area contributed by atoms with Crippen molar-refractivity contribution in [1.82, 2.24) is 5.32 Å². The minimum Gasteiger partial charge on any atom is -0.306 e. The molecule has 0 unspecified atom stereocenters. The molecule has 0 amide bonds. The Kier molecular flexibility index (Phi) is 3.72. The Morgan fingerprint density at radius 2 is 1.43 bits per heavy atom. The normalized spacial score (nSPS) is 14.6. The molecule has 0 bridgehead atoms. The fraction of sp³-hybridized carbons (Fsp3) is 0.294. The predicted octanol–water partition coefficient (Wildman–Crippen LogP) is 4.22. The van der Waals surface area contributed by atoms with Crippen LogP contribution in [0.4, 0.5) is 13.2 Å². The third-order valence-electron chi connectivity index (χ3n) is 3.87. The molecule has 3 rings (SSSR count). The van der Waals surface area contributed by atoms with Gasteiger partial charge in [0, 0.05) is 6.54 Å². The van der Waals surface area contributed by atoms with Crippen molar-refractivity contribution in [2.75, 3.05) is 6.54 Å². The second-order valence-electron chi connectivity index (χ2n) is 5.33. The van der Waals surface area contributed by atoms with Gasteiger partial charge in [-0.2, -0.15) is 13.2 Å². The summed E-state index contributed by atoms with van der Waals surface area (Å²) in [5.41, 5.74) is 4.53. The number of rotatable bonds is 3. The van der Waals surface area contributed by atoms with Crippen molar-refractivity contribution in [1.29, 1.82) is 0 Å². The average molecular weight is 291 g/mol. The molecule has 110 valence electrons. The number of benzene rings is 2. The summed E-state index contributed by atoms with van der Waals surface area (Å²) in [5.74, 6) is 0. The third kappa shape index (κ3) is 3.10. The quantitative estimate of drug-likeness (QED) is 0.892. The lowest BCUT2D eigenvalue weighted by atomic mass is 9.82. The van der Waals surface area contributed by atoms with Gasteiger partial charge in [-0.3, -0.25) is 0 Å². The zero-order valence-electron chi connectivity index (χ0n) is 11.5. The minimum atomic E-state index is -4.12. The van der Waals surface area contributed by atoms with Gasteiger partial charge in [0.1, 0.15) is 0 Å². The van der Waals surface area contributed by atoms with Gasteiger partial charge in [0.05, 0.1) is 12.5 Å². The molecule has 1 aliphatic rings. The van der Waals surface area contributed by atoms with Crippen LogP contribution in [-0.4, -0.2) is 12.7 Å². The van der Waals surface area contributed by atoms with Gasteiger partial charge >= 0.3 is 6.18 Å². The Hall–Kier alpha value is -1.81. The van der Waals surface area contributed by atoms with Crippen molar-refractivity contribution in [3.05, 3.63) is 70.8 Å². The summed E-state index contributed by atoms with van der Waals surface area (Å²) in [6, 6.07) is 15.7. The topological polar surface area (TPSA) is 12.0 Å². The van der Waals surface area contributed by atoms with Gasteiger partial charge in [-0.1, -0.05) is 48.5 Å². The Balaban J connectivity index is 1.88. The molecule has 0 atom stereocenters. The first-order valence-electron chi connectivity index (χ1n) is 7.00. The van der Waals surface area contributed by atoms with E-state index in [1.165, 1.54) is 11.1 Å². The first-order chi connectivity index (χ1) is 10.0. The Bertz CT molecular complexity index is 588. The molecule has 21 heavy (non-hydrogen) atoms. The minimum absolute atomic E-state index is 0.0726. The number of fused-ring (bicyclic) bond motifs is 2. The summed E-state index contributed by atoms with van der Waals surface area (Å²) in [4.78, 5) is 0. The highest BCUT2D eigenvalue weighted by Crippen LogP contribution is 2.34. The standard InChI is InChI=1S/C17H16F3N/c18-17(19,20)9-10-21-16-14-7-3-1-5-12(14)11-13-6-2-4-8-15(13)16/h1-8,16,21H,9-11H2. The molecule has 0 saturated carbocycles. The monoisotopic (exact) mass is 291 g/mol. The van der Waals surface area contributed by atoms with E-state index in [1.807, 2.05) is 48.5 Å². The highest BCUT2D eigenvalue weighted by molar-refractivity contribution is 5.48. The lowest BCUT2D eigenvalue weighted by Gasteiger charge is -2.29. The van der Waals surface area contributed by atoms with E-state index in [4.69, 9.17) is 0 Å². The molecule has 0 fully saturated rings. The van der Waals surface area contributed by atoms with Crippen molar-refractivity contribution in [2.24, 2.45) is 0 Å². The highest BCUT2D eigenvalue weighted by atomic mass is 19.4. The number of hydrogen-bond donors (Lipinski definition) is 1. The van der Waals surface area contributed by atoms with Crippen LogP contribution in [0.1, 0.15) is 34.7 Å². The van der Waals surface area contributed by atoms with Crippen LogP contribution in [0, 0.1) is 0 Å². The van der Waals surface area contributed by atoms with Gasteiger partial charge in [-0.05, 0) is 28.7 Å². The molecular weight excluding hydrogens is 275 g/mol. The van der Waals surface area contributed by atoms with E-state index in [0.717, 1.165) is 17.5 Å². The van der Waals surface area contributed by atoms with Gasteiger partial charge in [0.25, 0.3) is 0 Å². The zero-order valence-corrected chi connectivity index (χ0v) is 11.5.